The van der Waals surface area contributed by atoms with Crippen molar-refractivity contribution in [3.63, 3.8) is 0 Å². The SMILES string of the molecule is COc1cc(Cl)c(C(=O)Cc2cccc(F)c2)cc1Cl. The third-order valence-electron chi connectivity index (χ3n) is 2.80. The van der Waals surface area contributed by atoms with Crippen LogP contribution >= 0.6 is 23.2 Å². The average molecular weight is 313 g/mol. The van der Waals surface area contributed by atoms with Crippen molar-refractivity contribution in [1.29, 1.82) is 0 Å². The van der Waals surface area contributed by atoms with E-state index >= 15 is 0 Å². The van der Waals surface area contributed by atoms with Crippen molar-refractivity contribution in [2.45, 2.75) is 6.42 Å². The molecular weight excluding hydrogens is 302 g/mol. The molecule has 0 saturated heterocycles. The lowest BCUT2D eigenvalue weighted by molar-refractivity contribution is 0.0993. The summed E-state index contributed by atoms with van der Waals surface area (Å²) in [4.78, 5) is 12.2. The molecule has 0 heterocycles. The van der Waals surface area contributed by atoms with Gasteiger partial charge in [0.05, 0.1) is 17.2 Å². The van der Waals surface area contributed by atoms with Crippen molar-refractivity contribution >= 4 is 29.0 Å². The topological polar surface area (TPSA) is 26.3 Å². The quantitative estimate of drug-likeness (QED) is 0.773. The number of benzene rings is 2. The molecule has 0 bridgehead atoms. The molecule has 0 aromatic heterocycles. The van der Waals surface area contributed by atoms with E-state index in [1.54, 1.807) is 12.1 Å². The Balaban J connectivity index is 2.28. The fourth-order valence-electron chi connectivity index (χ4n) is 1.83. The van der Waals surface area contributed by atoms with Gasteiger partial charge in [-0.2, -0.15) is 0 Å². The Bertz CT molecular complexity index is 656. The van der Waals surface area contributed by atoms with Crippen LogP contribution in [0.15, 0.2) is 36.4 Å². The van der Waals surface area contributed by atoms with Gasteiger partial charge < -0.3 is 4.74 Å². The molecule has 0 amide bonds. The monoisotopic (exact) mass is 312 g/mol. The van der Waals surface area contributed by atoms with E-state index in [0.29, 0.717) is 21.9 Å². The molecular formula is C15H11Cl2FO2. The number of methoxy groups -OCH3 is 1. The molecule has 0 fully saturated rings. The minimum Gasteiger partial charge on any atom is -0.495 e. The third kappa shape index (κ3) is 3.30. The van der Waals surface area contributed by atoms with Crippen molar-refractivity contribution in [2.75, 3.05) is 7.11 Å². The maximum absolute atomic E-state index is 13.1. The smallest absolute Gasteiger partial charge is 0.168 e. The van der Waals surface area contributed by atoms with E-state index < -0.39 is 0 Å². The summed E-state index contributed by atoms with van der Waals surface area (Å²) in [5.74, 6) is -0.210. The molecule has 0 aliphatic carbocycles. The minimum absolute atomic E-state index is 0.0557. The fourth-order valence-corrected chi connectivity index (χ4v) is 2.33. The largest absolute Gasteiger partial charge is 0.495 e. The van der Waals surface area contributed by atoms with Gasteiger partial charge >= 0.3 is 0 Å². The molecule has 0 atom stereocenters. The second-order valence-electron chi connectivity index (χ2n) is 4.20. The summed E-state index contributed by atoms with van der Waals surface area (Å²) in [5.41, 5.74) is 0.875. The molecule has 0 aliphatic rings. The Hall–Kier alpha value is -1.58. The Labute approximate surface area is 126 Å². The highest BCUT2D eigenvalue weighted by Gasteiger charge is 2.15. The predicted molar refractivity (Wildman–Crippen MR) is 77.4 cm³/mol. The lowest BCUT2D eigenvalue weighted by Gasteiger charge is -2.08. The normalized spacial score (nSPS) is 10.4. The average Bonchev–Trinajstić information content (AvgIpc) is 2.40. The van der Waals surface area contributed by atoms with Crippen LogP contribution in [0.5, 0.6) is 5.75 Å². The number of halogens is 3. The van der Waals surface area contributed by atoms with E-state index in [2.05, 4.69) is 0 Å². The number of carbonyl (C=O) groups is 1. The highest BCUT2D eigenvalue weighted by Crippen LogP contribution is 2.31. The van der Waals surface area contributed by atoms with Gasteiger partial charge in [0.25, 0.3) is 0 Å². The van der Waals surface area contributed by atoms with Gasteiger partial charge in [0.15, 0.2) is 5.78 Å². The zero-order valence-electron chi connectivity index (χ0n) is 10.6. The van der Waals surface area contributed by atoms with Gasteiger partial charge in [-0.25, -0.2) is 4.39 Å². The van der Waals surface area contributed by atoms with Crippen molar-refractivity contribution in [3.8, 4) is 5.75 Å². The molecule has 2 rings (SSSR count). The van der Waals surface area contributed by atoms with E-state index in [9.17, 15) is 9.18 Å². The van der Waals surface area contributed by atoms with Crippen LogP contribution in [0.3, 0.4) is 0 Å². The van der Waals surface area contributed by atoms with Crippen LogP contribution in [-0.2, 0) is 6.42 Å². The molecule has 104 valence electrons. The molecule has 0 N–H and O–H groups in total. The summed E-state index contributed by atoms with van der Waals surface area (Å²) in [7, 11) is 1.46. The van der Waals surface area contributed by atoms with Crippen molar-refractivity contribution in [1.82, 2.24) is 0 Å². The molecule has 0 aliphatic heterocycles. The van der Waals surface area contributed by atoms with Crippen molar-refractivity contribution < 1.29 is 13.9 Å². The number of hydrogen-bond donors (Lipinski definition) is 0. The summed E-state index contributed by atoms with van der Waals surface area (Å²) in [6.07, 6.45) is 0.0557. The summed E-state index contributed by atoms with van der Waals surface area (Å²) in [5, 5.41) is 0.562. The van der Waals surface area contributed by atoms with E-state index in [0.717, 1.165) is 0 Å². The van der Waals surface area contributed by atoms with Crippen molar-refractivity contribution in [3.05, 3.63) is 63.4 Å². The standard InChI is InChI=1S/C15H11Cl2FO2/c1-20-15-8-12(16)11(7-13(15)17)14(19)6-9-3-2-4-10(18)5-9/h2-5,7-8H,6H2,1H3. The number of rotatable bonds is 4. The number of ketones is 1. The van der Waals surface area contributed by atoms with Crippen LogP contribution in [0.4, 0.5) is 4.39 Å². The molecule has 2 nitrogen and oxygen atoms in total. The summed E-state index contributed by atoms with van der Waals surface area (Å²) < 4.78 is 18.1. The van der Waals surface area contributed by atoms with Gasteiger partial charge in [-0.15, -0.1) is 0 Å². The van der Waals surface area contributed by atoms with Gasteiger partial charge in [0.2, 0.25) is 0 Å². The first-order valence-corrected chi connectivity index (χ1v) is 6.57. The van der Waals surface area contributed by atoms with Crippen LogP contribution in [-0.4, -0.2) is 12.9 Å². The molecule has 0 spiro atoms. The summed E-state index contributed by atoms with van der Waals surface area (Å²) in [6, 6.07) is 8.83. The van der Waals surface area contributed by atoms with Crippen LogP contribution in [0.25, 0.3) is 0 Å². The molecule has 2 aromatic carbocycles. The van der Waals surface area contributed by atoms with Gasteiger partial charge in [0, 0.05) is 18.1 Å². The predicted octanol–water partition coefficient (Wildman–Crippen LogP) is 4.57. The molecule has 0 unspecified atom stereocenters. The number of carbonyl (C=O) groups excluding carboxylic acids is 1. The molecule has 20 heavy (non-hydrogen) atoms. The first-order valence-electron chi connectivity index (χ1n) is 5.82. The van der Waals surface area contributed by atoms with E-state index in [1.165, 1.54) is 31.4 Å². The van der Waals surface area contributed by atoms with Crippen LogP contribution in [0.1, 0.15) is 15.9 Å². The van der Waals surface area contributed by atoms with Gasteiger partial charge in [-0.05, 0) is 23.8 Å². The molecule has 2 aromatic rings. The summed E-state index contributed by atoms with van der Waals surface area (Å²) >= 11 is 12.0. The molecule has 5 heteroatoms. The minimum atomic E-state index is -0.380. The number of Topliss-reactive ketones (excluding diaryl/α,β-unsaturated/α-hetero) is 1. The number of ether oxygens (including phenoxy) is 1. The second-order valence-corrected chi connectivity index (χ2v) is 5.01. The fraction of sp³-hybridized carbons (Fsp3) is 0.133. The van der Waals surface area contributed by atoms with Crippen LogP contribution < -0.4 is 4.74 Å². The zero-order valence-corrected chi connectivity index (χ0v) is 12.1. The van der Waals surface area contributed by atoms with Gasteiger partial charge in [-0.1, -0.05) is 35.3 Å². The maximum atomic E-state index is 13.1. The number of hydrogen-bond acceptors (Lipinski definition) is 2. The Morgan fingerprint density at radius 2 is 1.95 bits per heavy atom. The molecule has 0 radical (unpaired) electrons. The summed E-state index contributed by atoms with van der Waals surface area (Å²) in [6.45, 7) is 0. The van der Waals surface area contributed by atoms with E-state index in [1.807, 2.05) is 0 Å². The van der Waals surface area contributed by atoms with E-state index in [4.69, 9.17) is 27.9 Å². The van der Waals surface area contributed by atoms with Gasteiger partial charge in [-0.3, -0.25) is 4.79 Å². The molecule has 0 saturated carbocycles. The Morgan fingerprint density at radius 3 is 2.60 bits per heavy atom. The maximum Gasteiger partial charge on any atom is 0.168 e. The Morgan fingerprint density at radius 1 is 1.20 bits per heavy atom. The van der Waals surface area contributed by atoms with Crippen molar-refractivity contribution in [2.24, 2.45) is 0 Å². The third-order valence-corrected chi connectivity index (χ3v) is 3.40. The Kier molecular flexibility index (Phi) is 4.63. The van der Waals surface area contributed by atoms with Crippen LogP contribution in [0, 0.1) is 5.82 Å². The zero-order chi connectivity index (χ0) is 14.7. The second kappa shape index (κ2) is 6.25. The van der Waals surface area contributed by atoms with E-state index in [-0.39, 0.29) is 23.0 Å². The van der Waals surface area contributed by atoms with Crippen LogP contribution in [0.2, 0.25) is 10.0 Å². The highest BCUT2D eigenvalue weighted by molar-refractivity contribution is 6.36. The van der Waals surface area contributed by atoms with Gasteiger partial charge in [0.1, 0.15) is 11.6 Å². The highest BCUT2D eigenvalue weighted by atomic mass is 35.5. The first-order chi connectivity index (χ1) is 9.51. The first kappa shape index (κ1) is 14.8. The lowest BCUT2D eigenvalue weighted by Crippen LogP contribution is -2.05. The lowest BCUT2D eigenvalue weighted by atomic mass is 10.0.